The van der Waals surface area contributed by atoms with Gasteiger partial charge in [0.15, 0.2) is 0 Å². The van der Waals surface area contributed by atoms with Crippen LogP contribution in [0.5, 0.6) is 0 Å². The van der Waals surface area contributed by atoms with E-state index in [0.29, 0.717) is 17.9 Å². The molecular weight excluding hydrogens is 331 g/mol. The Bertz CT molecular complexity index is 815. The molecule has 0 saturated carbocycles. The Labute approximate surface area is 153 Å². The summed E-state index contributed by atoms with van der Waals surface area (Å²) in [4.78, 5) is 26.8. The van der Waals surface area contributed by atoms with Gasteiger partial charge in [-0.2, -0.15) is 0 Å². The molecule has 26 heavy (non-hydrogen) atoms. The molecule has 1 heterocycles. The topological polar surface area (TPSA) is 49.4 Å². The molecule has 2 aromatic carbocycles. The number of carbonyl (C=O) groups excluding carboxylic acids is 2. The Balaban J connectivity index is 1.86. The first-order valence-corrected chi connectivity index (χ1v) is 8.86. The van der Waals surface area contributed by atoms with Gasteiger partial charge < -0.3 is 5.32 Å². The average Bonchev–Trinajstić information content (AvgIpc) is 2.88. The van der Waals surface area contributed by atoms with Crippen molar-refractivity contribution in [2.45, 2.75) is 45.2 Å². The predicted octanol–water partition coefficient (Wildman–Crippen LogP) is 4.31. The van der Waals surface area contributed by atoms with Crippen LogP contribution in [0.3, 0.4) is 0 Å². The van der Waals surface area contributed by atoms with Crippen LogP contribution in [0.25, 0.3) is 0 Å². The number of nitrogens with zero attached hydrogens (tertiary/aromatic N) is 1. The fraction of sp³-hybridized carbons (Fsp3) is 0.333. The lowest BCUT2D eigenvalue weighted by atomic mass is 9.87. The first-order chi connectivity index (χ1) is 12.4. The molecule has 1 aliphatic heterocycles. The van der Waals surface area contributed by atoms with Crippen LogP contribution in [0.2, 0.25) is 0 Å². The zero-order valence-electron chi connectivity index (χ0n) is 15.3. The monoisotopic (exact) mass is 354 g/mol. The number of halogens is 1. The van der Waals surface area contributed by atoms with Gasteiger partial charge in [0.2, 0.25) is 0 Å². The Morgan fingerprint density at radius 2 is 1.65 bits per heavy atom. The van der Waals surface area contributed by atoms with Crippen molar-refractivity contribution in [1.82, 2.24) is 10.2 Å². The van der Waals surface area contributed by atoms with E-state index in [1.54, 1.807) is 12.1 Å². The summed E-state index contributed by atoms with van der Waals surface area (Å²) in [5, 5.41) is 2.82. The van der Waals surface area contributed by atoms with Gasteiger partial charge in [0.25, 0.3) is 5.91 Å². The zero-order valence-corrected chi connectivity index (χ0v) is 15.3. The van der Waals surface area contributed by atoms with Crippen molar-refractivity contribution in [3.63, 3.8) is 0 Å². The van der Waals surface area contributed by atoms with Crippen LogP contribution in [-0.2, 0) is 16.9 Å². The molecule has 3 rings (SSSR count). The predicted molar refractivity (Wildman–Crippen MR) is 98.0 cm³/mol. The van der Waals surface area contributed by atoms with Crippen molar-refractivity contribution < 1.29 is 14.0 Å². The maximum Gasteiger partial charge on any atom is 0.325 e. The van der Waals surface area contributed by atoms with Crippen LogP contribution in [-0.4, -0.2) is 16.8 Å². The molecule has 136 valence electrons. The van der Waals surface area contributed by atoms with Gasteiger partial charge in [-0.3, -0.25) is 9.69 Å². The lowest BCUT2D eigenvalue weighted by molar-refractivity contribution is -0.132. The molecule has 0 aromatic heterocycles. The molecule has 0 spiro atoms. The molecule has 5 heteroatoms. The first kappa shape index (κ1) is 18.1. The molecule has 1 saturated heterocycles. The smallest absolute Gasteiger partial charge is 0.319 e. The Morgan fingerprint density at radius 3 is 2.19 bits per heavy atom. The second-order valence-corrected chi connectivity index (χ2v) is 6.98. The van der Waals surface area contributed by atoms with Gasteiger partial charge in [-0.1, -0.05) is 57.2 Å². The third kappa shape index (κ3) is 3.09. The van der Waals surface area contributed by atoms with E-state index in [4.69, 9.17) is 0 Å². The van der Waals surface area contributed by atoms with Crippen molar-refractivity contribution in [3.8, 4) is 0 Å². The average molecular weight is 354 g/mol. The van der Waals surface area contributed by atoms with E-state index in [1.807, 2.05) is 31.2 Å². The summed E-state index contributed by atoms with van der Waals surface area (Å²) in [6.07, 6.45) is 0.395. The van der Waals surface area contributed by atoms with Crippen molar-refractivity contribution in [2.75, 3.05) is 0 Å². The molecule has 1 atom stereocenters. The largest absolute Gasteiger partial charge is 0.325 e. The van der Waals surface area contributed by atoms with Crippen molar-refractivity contribution in [1.29, 1.82) is 0 Å². The van der Waals surface area contributed by atoms with Gasteiger partial charge in [0.1, 0.15) is 11.4 Å². The highest BCUT2D eigenvalue weighted by Crippen LogP contribution is 2.33. The molecule has 0 bridgehead atoms. The summed E-state index contributed by atoms with van der Waals surface area (Å²) in [7, 11) is 0. The van der Waals surface area contributed by atoms with E-state index in [1.165, 1.54) is 22.6 Å². The van der Waals surface area contributed by atoms with Crippen LogP contribution in [0.15, 0.2) is 48.5 Å². The third-order valence-corrected chi connectivity index (χ3v) is 5.03. The van der Waals surface area contributed by atoms with Crippen molar-refractivity contribution in [3.05, 3.63) is 71.0 Å². The highest BCUT2D eigenvalue weighted by molar-refractivity contribution is 6.07. The quantitative estimate of drug-likeness (QED) is 0.814. The van der Waals surface area contributed by atoms with Crippen LogP contribution in [0.1, 0.15) is 49.8 Å². The fourth-order valence-corrected chi connectivity index (χ4v) is 3.33. The van der Waals surface area contributed by atoms with Crippen LogP contribution in [0, 0.1) is 5.82 Å². The zero-order chi connectivity index (χ0) is 18.9. The fourth-order valence-electron chi connectivity index (χ4n) is 3.33. The molecule has 1 N–H and O–H groups in total. The number of benzene rings is 2. The van der Waals surface area contributed by atoms with Gasteiger partial charge in [-0.15, -0.1) is 0 Å². The van der Waals surface area contributed by atoms with Gasteiger partial charge in [0, 0.05) is 0 Å². The van der Waals surface area contributed by atoms with Crippen molar-refractivity contribution in [2.24, 2.45) is 0 Å². The number of amides is 3. The highest BCUT2D eigenvalue weighted by Gasteiger charge is 2.51. The Kier molecular flexibility index (Phi) is 4.81. The molecule has 1 fully saturated rings. The SMILES string of the molecule is CC[C@]1(c2ccc(F)cc2)NC(=O)N(Cc2ccc(C(C)C)cc2)C1=O. The van der Waals surface area contributed by atoms with Gasteiger partial charge >= 0.3 is 6.03 Å². The molecule has 0 radical (unpaired) electrons. The van der Waals surface area contributed by atoms with E-state index in [0.717, 1.165) is 5.56 Å². The van der Waals surface area contributed by atoms with E-state index in [-0.39, 0.29) is 18.3 Å². The summed E-state index contributed by atoms with van der Waals surface area (Å²) < 4.78 is 13.2. The summed E-state index contributed by atoms with van der Waals surface area (Å²) in [6.45, 7) is 6.28. The summed E-state index contributed by atoms with van der Waals surface area (Å²) >= 11 is 0. The minimum atomic E-state index is -1.14. The van der Waals surface area contributed by atoms with Gasteiger partial charge in [-0.05, 0) is 41.2 Å². The van der Waals surface area contributed by atoms with Crippen molar-refractivity contribution >= 4 is 11.9 Å². The number of hydrogen-bond donors (Lipinski definition) is 1. The van der Waals surface area contributed by atoms with Gasteiger partial charge in [0.05, 0.1) is 6.54 Å². The molecule has 2 aromatic rings. The molecule has 0 aliphatic carbocycles. The Hall–Kier alpha value is -2.69. The number of imide groups is 1. The first-order valence-electron chi connectivity index (χ1n) is 8.86. The van der Waals surface area contributed by atoms with Crippen LogP contribution in [0.4, 0.5) is 9.18 Å². The minimum absolute atomic E-state index is 0.214. The number of rotatable bonds is 5. The summed E-state index contributed by atoms with van der Waals surface area (Å²) in [5.41, 5.74) is 1.56. The van der Waals surface area contributed by atoms with Gasteiger partial charge in [-0.25, -0.2) is 9.18 Å². The second-order valence-electron chi connectivity index (χ2n) is 6.98. The van der Waals surface area contributed by atoms with E-state index in [2.05, 4.69) is 19.2 Å². The standard InChI is InChI=1S/C21H23FN2O2/c1-4-21(17-9-11-18(22)12-10-17)19(25)24(20(26)23-21)13-15-5-7-16(8-6-15)14(2)3/h5-12,14H,4,13H2,1-3H3,(H,23,26)/t21-/m1/s1. The second kappa shape index (κ2) is 6.90. The number of urea groups is 1. The maximum atomic E-state index is 13.2. The summed E-state index contributed by atoms with van der Waals surface area (Å²) in [5.74, 6) is -0.254. The molecular formula is C21H23FN2O2. The maximum absolute atomic E-state index is 13.2. The number of carbonyl (C=O) groups is 2. The van der Waals surface area contributed by atoms with E-state index in [9.17, 15) is 14.0 Å². The summed E-state index contributed by atoms with van der Waals surface area (Å²) in [6, 6.07) is 13.2. The molecule has 4 nitrogen and oxygen atoms in total. The molecule has 3 amide bonds. The molecule has 1 aliphatic rings. The number of hydrogen-bond acceptors (Lipinski definition) is 2. The van der Waals surface area contributed by atoms with E-state index < -0.39 is 11.6 Å². The highest BCUT2D eigenvalue weighted by atomic mass is 19.1. The van der Waals surface area contributed by atoms with E-state index >= 15 is 0 Å². The van der Waals surface area contributed by atoms with Crippen LogP contribution < -0.4 is 5.32 Å². The normalized spacial score (nSPS) is 20.0. The Morgan fingerprint density at radius 1 is 1.04 bits per heavy atom. The number of nitrogens with one attached hydrogen (secondary N) is 1. The third-order valence-electron chi connectivity index (χ3n) is 5.03. The molecule has 0 unspecified atom stereocenters. The van der Waals surface area contributed by atoms with Crippen LogP contribution >= 0.6 is 0 Å². The lowest BCUT2D eigenvalue weighted by Gasteiger charge is -2.25. The minimum Gasteiger partial charge on any atom is -0.319 e. The lowest BCUT2D eigenvalue weighted by Crippen LogP contribution is -2.43.